The van der Waals surface area contributed by atoms with Crippen LogP contribution in [0, 0.1) is 5.82 Å². The average Bonchev–Trinajstić information content (AvgIpc) is 2.78. The number of piperazine rings is 1. The summed E-state index contributed by atoms with van der Waals surface area (Å²) in [5.41, 5.74) is 1.52. The molecule has 1 saturated heterocycles. The van der Waals surface area contributed by atoms with E-state index in [1.54, 1.807) is 13.0 Å². The minimum atomic E-state index is -0.682. The quantitative estimate of drug-likeness (QED) is 0.509. The van der Waals surface area contributed by atoms with Crippen molar-refractivity contribution in [2.24, 2.45) is 0 Å². The molecule has 3 heterocycles. The van der Waals surface area contributed by atoms with Crippen LogP contribution in [0.2, 0.25) is 5.02 Å². The van der Waals surface area contributed by atoms with Gasteiger partial charge in [-0.05, 0) is 43.8 Å². The number of carbonyl (C=O) groups excluding carboxylic acids is 1. The molecule has 1 unspecified atom stereocenters. The summed E-state index contributed by atoms with van der Waals surface area (Å²) in [7, 11) is 2.04. The van der Waals surface area contributed by atoms with E-state index in [1.807, 2.05) is 40.8 Å². The number of hydrogen-bond donors (Lipinski definition) is 0. The molecule has 0 spiro atoms. The van der Waals surface area contributed by atoms with E-state index in [4.69, 9.17) is 16.3 Å². The standard InChI is InChI=1S/C24H23ClFN3O3S/c1-3-32-24(31)20-21(30)16-12-17(26)19(28-10-8-27(2)9-11-28)13-18(16)29-22(33-23(20)29)14-4-6-15(25)7-5-14/h4-7,12-13,22H,3,8-11H2,1-2H3. The van der Waals surface area contributed by atoms with Crippen LogP contribution in [-0.2, 0) is 4.74 Å². The molecule has 0 amide bonds. The number of hydrogen-bond acceptors (Lipinski definition) is 6. The first kappa shape index (κ1) is 22.3. The molecule has 2 aliphatic heterocycles. The lowest BCUT2D eigenvalue weighted by atomic mass is 10.1. The van der Waals surface area contributed by atoms with Gasteiger partial charge < -0.3 is 19.1 Å². The molecular weight excluding hydrogens is 465 g/mol. The summed E-state index contributed by atoms with van der Waals surface area (Å²) in [4.78, 5) is 30.2. The van der Waals surface area contributed by atoms with Crippen molar-refractivity contribution in [3.63, 3.8) is 0 Å². The summed E-state index contributed by atoms with van der Waals surface area (Å²) in [6.07, 6.45) is 0. The maximum atomic E-state index is 15.2. The van der Waals surface area contributed by atoms with Crippen molar-refractivity contribution in [1.82, 2.24) is 9.47 Å². The fourth-order valence-electron chi connectivity index (χ4n) is 4.37. The summed E-state index contributed by atoms with van der Waals surface area (Å²) in [5, 5.41) is 1.18. The van der Waals surface area contributed by atoms with Gasteiger partial charge in [-0.1, -0.05) is 35.5 Å². The monoisotopic (exact) mass is 487 g/mol. The lowest BCUT2D eigenvalue weighted by Crippen LogP contribution is -2.44. The Morgan fingerprint density at radius 3 is 2.55 bits per heavy atom. The maximum Gasteiger partial charge on any atom is 0.344 e. The normalized spacial score (nSPS) is 18.2. The third-order valence-corrected chi connectivity index (χ3v) is 7.75. The minimum Gasteiger partial charge on any atom is -0.462 e. The van der Waals surface area contributed by atoms with Gasteiger partial charge in [0.2, 0.25) is 5.43 Å². The van der Waals surface area contributed by atoms with Crippen LogP contribution in [0.3, 0.4) is 0 Å². The van der Waals surface area contributed by atoms with E-state index in [0.29, 0.717) is 34.3 Å². The van der Waals surface area contributed by atoms with Crippen molar-refractivity contribution >= 4 is 45.9 Å². The molecule has 0 bridgehead atoms. The summed E-state index contributed by atoms with van der Waals surface area (Å²) in [5.74, 6) is -1.15. The van der Waals surface area contributed by atoms with E-state index >= 15 is 4.39 Å². The van der Waals surface area contributed by atoms with Gasteiger partial charge in [0.05, 0.1) is 22.8 Å². The number of likely N-dealkylation sites (N-methyl/N-ethyl adjacent to an activating group) is 1. The van der Waals surface area contributed by atoms with Gasteiger partial charge in [0.1, 0.15) is 16.8 Å². The second-order valence-corrected chi connectivity index (χ2v) is 9.74. The van der Waals surface area contributed by atoms with Crippen LogP contribution in [0.1, 0.15) is 28.2 Å². The zero-order valence-electron chi connectivity index (χ0n) is 18.3. The number of anilines is 1. The Morgan fingerprint density at radius 2 is 1.88 bits per heavy atom. The van der Waals surface area contributed by atoms with E-state index in [9.17, 15) is 9.59 Å². The lowest BCUT2D eigenvalue weighted by molar-refractivity contribution is 0.0518. The molecule has 0 N–H and O–H groups in total. The van der Waals surface area contributed by atoms with Gasteiger partial charge in [0.15, 0.2) is 0 Å². The SMILES string of the molecule is CCOC(=O)c1c2n(c3cc(N4CCN(C)CC4)c(F)cc3c1=O)C(c1ccc(Cl)cc1)S2. The number of thioether (sulfide) groups is 1. The highest BCUT2D eigenvalue weighted by atomic mass is 35.5. The highest BCUT2D eigenvalue weighted by molar-refractivity contribution is 8.00. The van der Waals surface area contributed by atoms with Crippen LogP contribution < -0.4 is 10.3 Å². The maximum absolute atomic E-state index is 15.2. The Labute approximate surface area is 199 Å². The fraction of sp³-hybridized carbons (Fsp3) is 0.333. The molecule has 1 atom stereocenters. The van der Waals surface area contributed by atoms with Gasteiger partial charge in [-0.25, -0.2) is 9.18 Å². The van der Waals surface area contributed by atoms with Crippen molar-refractivity contribution in [2.75, 3.05) is 44.7 Å². The number of aromatic nitrogens is 1. The summed E-state index contributed by atoms with van der Waals surface area (Å²) >= 11 is 7.48. The zero-order valence-corrected chi connectivity index (χ0v) is 19.9. The molecule has 1 aromatic heterocycles. The van der Waals surface area contributed by atoms with E-state index in [1.165, 1.54) is 17.8 Å². The summed E-state index contributed by atoms with van der Waals surface area (Å²) in [6, 6.07) is 10.5. The van der Waals surface area contributed by atoms with Crippen molar-refractivity contribution in [3.05, 3.63) is 68.6 Å². The molecule has 2 aliphatic rings. The van der Waals surface area contributed by atoms with Gasteiger partial charge in [-0.15, -0.1) is 0 Å². The van der Waals surface area contributed by atoms with E-state index < -0.39 is 17.2 Å². The number of halogens is 2. The Morgan fingerprint density at radius 1 is 1.18 bits per heavy atom. The molecule has 6 nitrogen and oxygen atoms in total. The molecule has 5 rings (SSSR count). The topological polar surface area (TPSA) is 54.8 Å². The Balaban J connectivity index is 1.71. The average molecular weight is 488 g/mol. The second kappa shape index (κ2) is 8.66. The first-order valence-electron chi connectivity index (χ1n) is 10.8. The smallest absolute Gasteiger partial charge is 0.344 e. The van der Waals surface area contributed by atoms with Gasteiger partial charge in [-0.2, -0.15) is 0 Å². The first-order valence-corrected chi connectivity index (χ1v) is 12.1. The predicted octanol–water partition coefficient (Wildman–Crippen LogP) is 4.38. The molecule has 3 aromatic rings. The summed E-state index contributed by atoms with van der Waals surface area (Å²) < 4.78 is 22.3. The number of benzene rings is 2. The van der Waals surface area contributed by atoms with Crippen molar-refractivity contribution < 1.29 is 13.9 Å². The summed E-state index contributed by atoms with van der Waals surface area (Å²) in [6.45, 7) is 4.91. The Kier molecular flexibility index (Phi) is 5.84. The number of esters is 1. The molecule has 0 saturated carbocycles. The van der Waals surface area contributed by atoms with E-state index in [-0.39, 0.29) is 22.9 Å². The molecule has 9 heteroatoms. The molecule has 172 valence electrons. The van der Waals surface area contributed by atoms with Crippen LogP contribution in [0.25, 0.3) is 10.9 Å². The van der Waals surface area contributed by atoms with Gasteiger partial charge in [-0.3, -0.25) is 4.79 Å². The molecule has 33 heavy (non-hydrogen) atoms. The van der Waals surface area contributed by atoms with Crippen LogP contribution >= 0.6 is 23.4 Å². The van der Waals surface area contributed by atoms with Crippen LogP contribution in [0.15, 0.2) is 46.2 Å². The number of rotatable bonds is 4. The van der Waals surface area contributed by atoms with Crippen LogP contribution in [0.4, 0.5) is 10.1 Å². The van der Waals surface area contributed by atoms with Crippen molar-refractivity contribution in [1.29, 1.82) is 0 Å². The van der Waals surface area contributed by atoms with Crippen LogP contribution in [-0.4, -0.2) is 55.3 Å². The minimum absolute atomic E-state index is 0.0358. The third kappa shape index (κ3) is 3.80. The van der Waals surface area contributed by atoms with Gasteiger partial charge in [0.25, 0.3) is 0 Å². The highest BCUT2D eigenvalue weighted by Crippen LogP contribution is 2.50. The number of ether oxygens (including phenoxy) is 1. The molecule has 0 aliphatic carbocycles. The number of carbonyl (C=O) groups is 1. The van der Waals surface area contributed by atoms with E-state index in [0.717, 1.165) is 18.7 Å². The Hall–Kier alpha value is -2.55. The Bertz CT molecular complexity index is 1300. The van der Waals surface area contributed by atoms with Gasteiger partial charge in [0, 0.05) is 36.6 Å². The number of pyridine rings is 1. The first-order chi connectivity index (χ1) is 15.9. The van der Waals surface area contributed by atoms with E-state index in [2.05, 4.69) is 4.90 Å². The third-order valence-electron chi connectivity index (χ3n) is 6.17. The molecule has 1 fully saturated rings. The van der Waals surface area contributed by atoms with Crippen molar-refractivity contribution in [2.45, 2.75) is 17.3 Å². The lowest BCUT2D eigenvalue weighted by Gasteiger charge is -2.37. The largest absolute Gasteiger partial charge is 0.462 e. The number of fused-ring (bicyclic) bond motifs is 3. The van der Waals surface area contributed by atoms with Gasteiger partial charge >= 0.3 is 5.97 Å². The molecular formula is C24H23ClFN3O3S. The number of nitrogens with zero attached hydrogens (tertiary/aromatic N) is 3. The molecule has 2 aromatic carbocycles. The highest BCUT2D eigenvalue weighted by Gasteiger charge is 2.37. The predicted molar refractivity (Wildman–Crippen MR) is 129 cm³/mol. The van der Waals surface area contributed by atoms with Crippen LogP contribution in [0.5, 0.6) is 0 Å². The fourth-order valence-corrected chi connectivity index (χ4v) is 5.77. The van der Waals surface area contributed by atoms with Crippen molar-refractivity contribution in [3.8, 4) is 0 Å². The zero-order chi connectivity index (χ0) is 23.3. The second-order valence-electron chi connectivity index (χ2n) is 8.23. The molecule has 0 radical (unpaired) electrons.